The first-order chi connectivity index (χ1) is 14.3. The van der Waals surface area contributed by atoms with E-state index in [1.54, 1.807) is 16.9 Å². The number of nitrogens with zero attached hydrogens (tertiary/aromatic N) is 7. The van der Waals surface area contributed by atoms with Crippen molar-refractivity contribution < 1.29 is 8.78 Å². The molecule has 1 unspecified atom stereocenters. The van der Waals surface area contributed by atoms with Crippen LogP contribution in [0, 0.1) is 5.92 Å². The zero-order chi connectivity index (χ0) is 21.4. The molecule has 0 radical (unpaired) electrons. The molecule has 4 aromatic rings. The van der Waals surface area contributed by atoms with E-state index in [1.807, 2.05) is 39.1 Å². The SMILES string of the molecule is CC(C)C(Nc1nc(N)nc(-c2ccc3c(cnn3C)c2)n1)c1ccn(C(F)F)n1. The van der Waals surface area contributed by atoms with Gasteiger partial charge in [0.2, 0.25) is 11.9 Å². The van der Waals surface area contributed by atoms with Gasteiger partial charge in [0.05, 0.1) is 23.4 Å². The molecule has 11 heteroatoms. The van der Waals surface area contributed by atoms with Crippen LogP contribution in [-0.4, -0.2) is 34.5 Å². The van der Waals surface area contributed by atoms with Gasteiger partial charge in [-0.1, -0.05) is 13.8 Å². The molecule has 0 saturated carbocycles. The maximum atomic E-state index is 12.9. The topological polar surface area (TPSA) is 112 Å². The van der Waals surface area contributed by atoms with Gasteiger partial charge in [0.15, 0.2) is 5.82 Å². The van der Waals surface area contributed by atoms with Crippen molar-refractivity contribution in [2.24, 2.45) is 13.0 Å². The van der Waals surface area contributed by atoms with E-state index in [4.69, 9.17) is 5.73 Å². The molecule has 0 aliphatic heterocycles. The Labute approximate surface area is 171 Å². The molecule has 4 rings (SSSR count). The summed E-state index contributed by atoms with van der Waals surface area (Å²) in [5, 5.41) is 12.3. The van der Waals surface area contributed by atoms with Gasteiger partial charge >= 0.3 is 6.55 Å². The molecule has 0 saturated heterocycles. The number of nitrogens with two attached hydrogens (primary N) is 1. The number of nitrogens with one attached hydrogen (secondary N) is 1. The first-order valence-corrected chi connectivity index (χ1v) is 9.35. The van der Waals surface area contributed by atoms with Gasteiger partial charge in [0.25, 0.3) is 0 Å². The first-order valence-electron chi connectivity index (χ1n) is 9.35. The Kier molecular flexibility index (Phi) is 5.02. The van der Waals surface area contributed by atoms with E-state index in [0.29, 0.717) is 16.2 Å². The van der Waals surface area contributed by atoms with Crippen LogP contribution >= 0.6 is 0 Å². The van der Waals surface area contributed by atoms with E-state index in [9.17, 15) is 8.78 Å². The smallest absolute Gasteiger partial charge is 0.333 e. The second-order valence-corrected chi connectivity index (χ2v) is 7.25. The van der Waals surface area contributed by atoms with Crippen molar-refractivity contribution in [3.8, 4) is 11.4 Å². The van der Waals surface area contributed by atoms with Crippen LogP contribution < -0.4 is 11.1 Å². The molecule has 1 atom stereocenters. The second-order valence-electron chi connectivity index (χ2n) is 7.25. The normalized spacial score (nSPS) is 12.8. The van der Waals surface area contributed by atoms with E-state index in [1.165, 1.54) is 6.20 Å². The Morgan fingerprint density at radius 3 is 2.60 bits per heavy atom. The summed E-state index contributed by atoms with van der Waals surface area (Å²) in [6, 6.07) is 6.89. The van der Waals surface area contributed by atoms with Crippen LogP contribution in [0.5, 0.6) is 0 Å². The third kappa shape index (κ3) is 3.78. The van der Waals surface area contributed by atoms with E-state index >= 15 is 0 Å². The number of rotatable bonds is 6. The van der Waals surface area contributed by atoms with Gasteiger partial charge in [0, 0.05) is 24.2 Å². The molecule has 1 aromatic carbocycles. The lowest BCUT2D eigenvalue weighted by Crippen LogP contribution is -2.20. The summed E-state index contributed by atoms with van der Waals surface area (Å²) in [5.74, 6) is 0.721. The highest BCUT2D eigenvalue weighted by molar-refractivity contribution is 5.83. The minimum atomic E-state index is -2.70. The van der Waals surface area contributed by atoms with Crippen molar-refractivity contribution in [2.45, 2.75) is 26.4 Å². The fraction of sp³-hybridized carbons (Fsp3) is 0.316. The minimum absolute atomic E-state index is 0.0270. The quantitative estimate of drug-likeness (QED) is 0.498. The van der Waals surface area contributed by atoms with Crippen molar-refractivity contribution in [3.63, 3.8) is 0 Å². The van der Waals surface area contributed by atoms with Gasteiger partial charge in [0.1, 0.15) is 0 Å². The zero-order valence-electron chi connectivity index (χ0n) is 16.7. The number of nitrogen functional groups attached to an aromatic ring is 1. The van der Waals surface area contributed by atoms with Gasteiger partial charge in [-0.05, 0) is 30.2 Å². The van der Waals surface area contributed by atoms with Crippen molar-refractivity contribution in [3.05, 3.63) is 42.4 Å². The molecule has 0 bridgehead atoms. The number of aryl methyl sites for hydroxylation is 1. The zero-order valence-corrected chi connectivity index (χ0v) is 16.7. The molecule has 0 amide bonds. The molecular formula is C19H21F2N9. The van der Waals surface area contributed by atoms with Crippen molar-refractivity contribution >= 4 is 22.8 Å². The van der Waals surface area contributed by atoms with Crippen LogP contribution in [0.1, 0.15) is 32.1 Å². The highest BCUT2D eigenvalue weighted by Crippen LogP contribution is 2.27. The monoisotopic (exact) mass is 413 g/mol. The van der Waals surface area contributed by atoms with Crippen LogP contribution in [0.3, 0.4) is 0 Å². The lowest BCUT2D eigenvalue weighted by Gasteiger charge is -2.20. The third-order valence-corrected chi connectivity index (χ3v) is 4.76. The summed E-state index contributed by atoms with van der Waals surface area (Å²) in [4.78, 5) is 12.9. The number of alkyl halides is 2. The molecule has 3 heterocycles. The van der Waals surface area contributed by atoms with Crippen molar-refractivity contribution in [1.82, 2.24) is 34.5 Å². The number of aromatic nitrogens is 7. The van der Waals surface area contributed by atoms with Crippen LogP contribution in [0.25, 0.3) is 22.3 Å². The molecule has 156 valence electrons. The lowest BCUT2D eigenvalue weighted by atomic mass is 10.0. The number of fused-ring (bicyclic) bond motifs is 1. The minimum Gasteiger partial charge on any atom is -0.368 e. The molecule has 30 heavy (non-hydrogen) atoms. The van der Waals surface area contributed by atoms with E-state index in [0.717, 1.165) is 16.5 Å². The highest BCUT2D eigenvalue weighted by Gasteiger charge is 2.22. The second kappa shape index (κ2) is 7.65. The number of halogens is 2. The molecule has 3 N–H and O–H groups in total. The van der Waals surface area contributed by atoms with Crippen molar-refractivity contribution in [2.75, 3.05) is 11.1 Å². The Balaban J connectivity index is 1.67. The Morgan fingerprint density at radius 2 is 1.90 bits per heavy atom. The van der Waals surface area contributed by atoms with Crippen LogP contribution in [-0.2, 0) is 7.05 Å². The van der Waals surface area contributed by atoms with E-state index in [2.05, 4.69) is 30.5 Å². The molecule has 9 nitrogen and oxygen atoms in total. The number of benzene rings is 1. The summed E-state index contributed by atoms with van der Waals surface area (Å²) in [6.45, 7) is 1.19. The molecule has 0 spiro atoms. The van der Waals surface area contributed by atoms with Gasteiger partial charge in [-0.2, -0.15) is 33.9 Å². The Morgan fingerprint density at radius 1 is 1.10 bits per heavy atom. The van der Waals surface area contributed by atoms with Crippen LogP contribution in [0.15, 0.2) is 36.7 Å². The van der Waals surface area contributed by atoms with E-state index in [-0.39, 0.29) is 23.9 Å². The van der Waals surface area contributed by atoms with Gasteiger partial charge in [-0.15, -0.1) is 0 Å². The number of anilines is 2. The average molecular weight is 413 g/mol. The Hall–Kier alpha value is -3.63. The summed E-state index contributed by atoms with van der Waals surface area (Å²) in [7, 11) is 1.87. The standard InChI is InChI=1S/C19H21F2N9/c1-10(2)15(13-6-7-30(28-13)17(20)21)24-19-26-16(25-18(22)27-19)11-4-5-14-12(8-11)9-23-29(14)3/h4-10,15,17H,1-3H3,(H3,22,24,25,26,27). The lowest BCUT2D eigenvalue weighted by molar-refractivity contribution is 0.0559. The maximum Gasteiger partial charge on any atom is 0.333 e. The summed E-state index contributed by atoms with van der Waals surface area (Å²) < 4.78 is 28.2. The molecule has 3 aromatic heterocycles. The van der Waals surface area contributed by atoms with Crippen molar-refractivity contribution in [1.29, 1.82) is 0 Å². The van der Waals surface area contributed by atoms with E-state index < -0.39 is 6.55 Å². The van der Waals surface area contributed by atoms with Gasteiger partial charge in [-0.25, -0.2) is 4.68 Å². The maximum absolute atomic E-state index is 12.9. The van der Waals surface area contributed by atoms with Gasteiger partial charge < -0.3 is 11.1 Å². The number of hydrogen-bond donors (Lipinski definition) is 2. The van der Waals surface area contributed by atoms with Crippen LogP contribution in [0.4, 0.5) is 20.7 Å². The largest absolute Gasteiger partial charge is 0.368 e. The predicted octanol–water partition coefficient (Wildman–Crippen LogP) is 3.41. The average Bonchev–Trinajstić information content (AvgIpc) is 3.33. The fourth-order valence-electron chi connectivity index (χ4n) is 3.24. The Bertz CT molecular complexity index is 1180. The summed E-state index contributed by atoms with van der Waals surface area (Å²) >= 11 is 0. The van der Waals surface area contributed by atoms with Gasteiger partial charge in [-0.3, -0.25) is 4.68 Å². The molecule has 0 aliphatic carbocycles. The molecule has 0 aliphatic rings. The number of hydrogen-bond acceptors (Lipinski definition) is 7. The third-order valence-electron chi connectivity index (χ3n) is 4.76. The molecule has 0 fully saturated rings. The predicted molar refractivity (Wildman–Crippen MR) is 109 cm³/mol. The molecular weight excluding hydrogens is 392 g/mol. The van der Waals surface area contributed by atoms with Crippen LogP contribution in [0.2, 0.25) is 0 Å². The summed E-state index contributed by atoms with van der Waals surface area (Å²) in [5.41, 5.74) is 8.11. The first kappa shape index (κ1) is 19.7. The summed E-state index contributed by atoms with van der Waals surface area (Å²) in [6.07, 6.45) is 3.00. The fourth-order valence-corrected chi connectivity index (χ4v) is 3.24. The highest BCUT2D eigenvalue weighted by atomic mass is 19.3.